The van der Waals surface area contributed by atoms with Gasteiger partial charge < -0.3 is 19.5 Å². The number of nitrogens with zero attached hydrogens (tertiary/aromatic N) is 4. The van der Waals surface area contributed by atoms with Gasteiger partial charge in [0.15, 0.2) is 0 Å². The van der Waals surface area contributed by atoms with Gasteiger partial charge in [-0.05, 0) is 55.3 Å². The Morgan fingerprint density at radius 2 is 1.86 bits per heavy atom. The van der Waals surface area contributed by atoms with Crippen molar-refractivity contribution in [2.45, 2.75) is 26.9 Å². The van der Waals surface area contributed by atoms with Gasteiger partial charge in [0.1, 0.15) is 18.2 Å². The molecule has 0 unspecified atom stereocenters. The number of aromatic nitrogens is 2. The number of anilines is 1. The number of para-hydroxylation sites is 1. The third kappa shape index (κ3) is 4.67. The van der Waals surface area contributed by atoms with Crippen LogP contribution in [0.5, 0.6) is 5.75 Å². The van der Waals surface area contributed by atoms with E-state index in [0.29, 0.717) is 19.7 Å². The number of carbonyl (C=O) groups excluding carboxylic acids is 1. The Hall–Kier alpha value is -3.84. The number of benzene rings is 2. The molecule has 7 nitrogen and oxygen atoms in total. The predicted octanol–water partition coefficient (Wildman–Crippen LogP) is 4.54. The Morgan fingerprint density at radius 1 is 1.00 bits per heavy atom. The van der Waals surface area contributed by atoms with Crippen LogP contribution in [0.1, 0.15) is 32.7 Å². The number of hydrogen-bond donors (Lipinski definition) is 1. The second-order valence-electron chi connectivity index (χ2n) is 10.1. The molecule has 0 atom stereocenters. The van der Waals surface area contributed by atoms with Crippen molar-refractivity contribution in [2.24, 2.45) is 0 Å². The molecule has 2 aliphatic heterocycles. The fraction of sp³-hybridized carbons (Fsp3) is 0.333. The zero-order valence-corrected chi connectivity index (χ0v) is 21.5. The number of carbonyl (C=O) groups is 1. The van der Waals surface area contributed by atoms with Crippen molar-refractivity contribution in [3.05, 3.63) is 88.7 Å². The molecule has 1 saturated heterocycles. The zero-order chi connectivity index (χ0) is 25.4. The van der Waals surface area contributed by atoms with Crippen molar-refractivity contribution in [2.75, 3.05) is 44.2 Å². The van der Waals surface area contributed by atoms with Gasteiger partial charge in [-0.3, -0.25) is 9.69 Å². The minimum atomic E-state index is 0.0411. The number of pyridine rings is 1. The molecule has 2 aromatic heterocycles. The first-order chi connectivity index (χ1) is 18.1. The molecule has 0 saturated carbocycles. The van der Waals surface area contributed by atoms with Crippen molar-refractivity contribution in [3.63, 3.8) is 0 Å². The maximum absolute atomic E-state index is 13.7. The van der Waals surface area contributed by atoms with Gasteiger partial charge in [-0.25, -0.2) is 4.98 Å². The van der Waals surface area contributed by atoms with Gasteiger partial charge >= 0.3 is 0 Å². The molecule has 0 bridgehead atoms. The summed E-state index contributed by atoms with van der Waals surface area (Å²) in [5, 5.41) is 1.11. The van der Waals surface area contributed by atoms with Gasteiger partial charge in [-0.15, -0.1) is 0 Å². The largest absolute Gasteiger partial charge is 0.491 e. The first-order valence-corrected chi connectivity index (χ1v) is 13.1. The van der Waals surface area contributed by atoms with Crippen LogP contribution in [0.25, 0.3) is 10.9 Å². The monoisotopic (exact) mass is 495 g/mol. The second-order valence-corrected chi connectivity index (χ2v) is 10.1. The lowest BCUT2D eigenvalue weighted by molar-refractivity contribution is 0.0735. The molecule has 7 heteroatoms. The summed E-state index contributed by atoms with van der Waals surface area (Å²) in [5.41, 5.74) is 6.26. The summed E-state index contributed by atoms with van der Waals surface area (Å²) in [4.78, 5) is 28.3. The number of hydrogen-bond acceptors (Lipinski definition) is 5. The number of rotatable bonds is 4. The van der Waals surface area contributed by atoms with Crippen molar-refractivity contribution in [1.82, 2.24) is 19.8 Å². The Morgan fingerprint density at radius 3 is 2.68 bits per heavy atom. The molecule has 6 rings (SSSR count). The average Bonchev–Trinajstić information content (AvgIpc) is 3.09. The zero-order valence-electron chi connectivity index (χ0n) is 21.5. The summed E-state index contributed by atoms with van der Waals surface area (Å²) in [5.74, 6) is 1.97. The number of nitrogens with one attached hydrogen (secondary N) is 1. The summed E-state index contributed by atoms with van der Waals surface area (Å²) in [6.45, 7) is 10.6. The van der Waals surface area contributed by atoms with Crippen LogP contribution in [-0.2, 0) is 13.1 Å². The minimum Gasteiger partial charge on any atom is -0.491 e. The van der Waals surface area contributed by atoms with E-state index < -0.39 is 0 Å². The number of ether oxygens (including phenoxy) is 1. The standard InChI is InChI=1S/C30H33N5O2/c1-21-22(2)32-29-25(21)6-5-7-26(29)30(36)35-16-17-37-27-10-9-23(18-24(27)20-35)19-33-12-14-34(15-13-33)28-8-3-4-11-31-28/h3-11,18,32H,12-17,19-20H2,1-2H3. The Bertz CT molecular complexity index is 1420. The fourth-order valence-electron chi connectivity index (χ4n) is 5.48. The maximum Gasteiger partial charge on any atom is 0.256 e. The van der Waals surface area contributed by atoms with Gasteiger partial charge in [0, 0.05) is 62.1 Å². The van der Waals surface area contributed by atoms with Gasteiger partial charge in [0.2, 0.25) is 0 Å². The third-order valence-electron chi connectivity index (χ3n) is 7.72. The highest BCUT2D eigenvalue weighted by Crippen LogP contribution is 2.29. The molecule has 1 amide bonds. The molecule has 0 spiro atoms. The Balaban J connectivity index is 1.16. The molecule has 2 aromatic carbocycles. The predicted molar refractivity (Wildman–Crippen MR) is 146 cm³/mol. The number of fused-ring (bicyclic) bond motifs is 2. The summed E-state index contributed by atoms with van der Waals surface area (Å²) in [6.07, 6.45) is 1.86. The van der Waals surface area contributed by atoms with Gasteiger partial charge in [0.25, 0.3) is 5.91 Å². The normalized spacial score (nSPS) is 16.4. The van der Waals surface area contributed by atoms with E-state index in [2.05, 4.69) is 63.9 Å². The highest BCUT2D eigenvalue weighted by molar-refractivity contribution is 6.06. The van der Waals surface area contributed by atoms with Crippen molar-refractivity contribution < 1.29 is 9.53 Å². The number of H-pyrrole nitrogens is 1. The molecule has 4 heterocycles. The molecule has 37 heavy (non-hydrogen) atoms. The van der Waals surface area contributed by atoms with E-state index in [9.17, 15) is 4.79 Å². The fourth-order valence-corrected chi connectivity index (χ4v) is 5.48. The van der Waals surface area contributed by atoms with Crippen LogP contribution in [0.15, 0.2) is 60.8 Å². The number of amides is 1. The van der Waals surface area contributed by atoms with Crippen LogP contribution in [-0.4, -0.2) is 65.0 Å². The van der Waals surface area contributed by atoms with E-state index in [1.807, 2.05) is 35.4 Å². The molecule has 1 N–H and O–H groups in total. The highest BCUT2D eigenvalue weighted by atomic mass is 16.5. The smallest absolute Gasteiger partial charge is 0.256 e. The molecule has 0 aliphatic carbocycles. The van der Waals surface area contributed by atoms with Gasteiger partial charge in [-0.1, -0.05) is 24.3 Å². The van der Waals surface area contributed by atoms with E-state index in [1.54, 1.807) is 0 Å². The SMILES string of the molecule is Cc1[nH]c2c(C(=O)N3CCOc4ccc(CN5CCN(c6ccccn6)CC5)cc4C3)cccc2c1C. The van der Waals surface area contributed by atoms with Gasteiger partial charge in [-0.2, -0.15) is 0 Å². The van der Waals surface area contributed by atoms with Crippen molar-refractivity contribution >= 4 is 22.6 Å². The van der Waals surface area contributed by atoms with Crippen LogP contribution in [0.4, 0.5) is 5.82 Å². The summed E-state index contributed by atoms with van der Waals surface area (Å²) < 4.78 is 6.05. The van der Waals surface area contributed by atoms with Crippen LogP contribution in [0.3, 0.4) is 0 Å². The highest BCUT2D eigenvalue weighted by Gasteiger charge is 2.24. The average molecular weight is 496 g/mol. The molecule has 1 fully saturated rings. The minimum absolute atomic E-state index is 0.0411. The topological polar surface area (TPSA) is 64.7 Å². The van der Waals surface area contributed by atoms with E-state index >= 15 is 0 Å². The van der Waals surface area contributed by atoms with Gasteiger partial charge in [0.05, 0.1) is 17.6 Å². The lowest BCUT2D eigenvalue weighted by Gasteiger charge is -2.35. The third-order valence-corrected chi connectivity index (χ3v) is 7.72. The molecule has 4 aromatic rings. The first kappa shape index (κ1) is 23.6. The lowest BCUT2D eigenvalue weighted by atomic mass is 10.1. The summed E-state index contributed by atoms with van der Waals surface area (Å²) >= 11 is 0. The van der Waals surface area contributed by atoms with Crippen molar-refractivity contribution in [3.8, 4) is 5.75 Å². The van der Waals surface area contributed by atoms with Crippen LogP contribution < -0.4 is 9.64 Å². The Kier molecular flexibility index (Phi) is 6.30. The quantitative estimate of drug-likeness (QED) is 0.451. The first-order valence-electron chi connectivity index (χ1n) is 13.1. The lowest BCUT2D eigenvalue weighted by Crippen LogP contribution is -2.46. The number of aryl methyl sites for hydroxylation is 2. The molecular weight excluding hydrogens is 462 g/mol. The van der Waals surface area contributed by atoms with E-state index in [4.69, 9.17) is 4.74 Å². The molecule has 190 valence electrons. The van der Waals surface area contributed by atoms with E-state index in [0.717, 1.165) is 72.0 Å². The van der Waals surface area contributed by atoms with Crippen molar-refractivity contribution in [1.29, 1.82) is 0 Å². The molecule has 0 radical (unpaired) electrons. The Labute approximate surface area is 217 Å². The molecule has 2 aliphatic rings. The van der Waals surface area contributed by atoms with Crippen LogP contribution in [0.2, 0.25) is 0 Å². The number of piperazine rings is 1. The summed E-state index contributed by atoms with van der Waals surface area (Å²) in [6, 6.07) is 18.5. The maximum atomic E-state index is 13.7. The second kappa shape index (κ2) is 9.90. The van der Waals surface area contributed by atoms with E-state index in [-0.39, 0.29) is 5.91 Å². The summed E-state index contributed by atoms with van der Waals surface area (Å²) in [7, 11) is 0. The van der Waals surface area contributed by atoms with Crippen LogP contribution >= 0.6 is 0 Å². The van der Waals surface area contributed by atoms with Crippen LogP contribution in [0, 0.1) is 13.8 Å². The number of aromatic amines is 1. The van der Waals surface area contributed by atoms with E-state index in [1.165, 1.54) is 11.1 Å². The molecular formula is C30H33N5O2.